The number of para-hydroxylation sites is 1. The molecule has 0 fully saturated rings. The van der Waals surface area contributed by atoms with E-state index in [0.29, 0.717) is 26.8 Å². The van der Waals surface area contributed by atoms with Crippen molar-refractivity contribution < 1.29 is 4.79 Å². The smallest absolute Gasteiger partial charge is 0.257 e. The highest BCUT2D eigenvalue weighted by atomic mass is 35.5. The summed E-state index contributed by atoms with van der Waals surface area (Å²) in [5.74, 6) is -0.267. The van der Waals surface area contributed by atoms with E-state index in [1.807, 2.05) is 50.2 Å². The molecule has 2 heterocycles. The summed E-state index contributed by atoms with van der Waals surface area (Å²) in [6, 6.07) is 18.8. The van der Waals surface area contributed by atoms with Gasteiger partial charge in [-0.1, -0.05) is 41.9 Å². The van der Waals surface area contributed by atoms with E-state index in [1.54, 1.807) is 18.2 Å². The second kappa shape index (κ2) is 7.67. The van der Waals surface area contributed by atoms with Crippen LogP contribution in [-0.4, -0.2) is 10.9 Å². The van der Waals surface area contributed by atoms with E-state index < -0.39 is 0 Å². The zero-order chi connectivity index (χ0) is 20.5. The first-order chi connectivity index (χ1) is 14.0. The third kappa shape index (κ3) is 3.61. The van der Waals surface area contributed by atoms with Crippen LogP contribution in [0.5, 0.6) is 0 Å². The van der Waals surface area contributed by atoms with Gasteiger partial charge in [0.05, 0.1) is 22.3 Å². The lowest BCUT2D eigenvalue weighted by molar-refractivity contribution is 0.102. The summed E-state index contributed by atoms with van der Waals surface area (Å²) in [5, 5.41) is 14.4. The van der Waals surface area contributed by atoms with E-state index in [2.05, 4.69) is 11.4 Å². The molecule has 0 spiro atoms. The van der Waals surface area contributed by atoms with Crippen molar-refractivity contribution >= 4 is 44.7 Å². The van der Waals surface area contributed by atoms with Crippen LogP contribution in [0.25, 0.3) is 22.2 Å². The Morgan fingerprint density at radius 1 is 1.14 bits per heavy atom. The van der Waals surface area contributed by atoms with Gasteiger partial charge in [-0.3, -0.25) is 4.79 Å². The zero-order valence-electron chi connectivity index (χ0n) is 15.8. The summed E-state index contributed by atoms with van der Waals surface area (Å²) in [4.78, 5) is 18.9. The van der Waals surface area contributed by atoms with E-state index in [4.69, 9.17) is 16.6 Å². The number of carbonyl (C=O) groups excluding carboxylic acids is 1. The van der Waals surface area contributed by atoms with Crippen LogP contribution in [0, 0.1) is 25.2 Å². The Labute approximate surface area is 177 Å². The molecule has 0 saturated heterocycles. The highest BCUT2D eigenvalue weighted by Crippen LogP contribution is 2.33. The summed E-state index contributed by atoms with van der Waals surface area (Å²) >= 11 is 7.41. The molecule has 0 bridgehead atoms. The van der Waals surface area contributed by atoms with E-state index in [0.717, 1.165) is 26.9 Å². The van der Waals surface area contributed by atoms with Crippen LogP contribution in [-0.2, 0) is 0 Å². The van der Waals surface area contributed by atoms with Crippen molar-refractivity contribution in [1.82, 2.24) is 4.98 Å². The first kappa shape index (κ1) is 19.1. The number of pyridine rings is 1. The Balaban J connectivity index is 1.82. The van der Waals surface area contributed by atoms with Crippen LogP contribution in [0.2, 0.25) is 5.02 Å². The van der Waals surface area contributed by atoms with E-state index in [-0.39, 0.29) is 5.91 Å². The van der Waals surface area contributed by atoms with Gasteiger partial charge in [-0.25, -0.2) is 4.98 Å². The van der Waals surface area contributed by atoms with Gasteiger partial charge in [-0.2, -0.15) is 5.26 Å². The van der Waals surface area contributed by atoms with Gasteiger partial charge in [0.15, 0.2) is 0 Å². The minimum atomic E-state index is -0.267. The standard InChI is InChI=1S/C23H16ClN3OS/c1-13-14(2)29-23(19(13)12-25)27-22(28)18-11-21(15-7-9-16(24)10-8-15)26-20-6-4-3-5-17(18)20/h3-11H,1-2H3,(H,27,28). The van der Waals surface area contributed by atoms with E-state index >= 15 is 0 Å². The largest absolute Gasteiger partial charge is 0.312 e. The van der Waals surface area contributed by atoms with Gasteiger partial charge in [-0.15, -0.1) is 11.3 Å². The fourth-order valence-electron chi connectivity index (χ4n) is 3.15. The van der Waals surface area contributed by atoms with Crippen LogP contribution >= 0.6 is 22.9 Å². The van der Waals surface area contributed by atoms with Crippen LogP contribution in [0.15, 0.2) is 54.6 Å². The van der Waals surface area contributed by atoms with Gasteiger partial charge in [0.25, 0.3) is 5.91 Å². The number of aromatic nitrogens is 1. The second-order valence-electron chi connectivity index (χ2n) is 6.63. The van der Waals surface area contributed by atoms with Crippen LogP contribution in [0.3, 0.4) is 0 Å². The van der Waals surface area contributed by atoms with Crippen LogP contribution < -0.4 is 5.32 Å². The quantitative estimate of drug-likeness (QED) is 0.422. The first-order valence-electron chi connectivity index (χ1n) is 8.95. The van der Waals surface area contributed by atoms with Crippen molar-refractivity contribution in [1.29, 1.82) is 5.26 Å². The molecule has 0 aliphatic carbocycles. The highest BCUT2D eigenvalue weighted by molar-refractivity contribution is 7.16. The number of anilines is 1. The van der Waals surface area contributed by atoms with Crippen molar-refractivity contribution in [2.75, 3.05) is 5.32 Å². The molecule has 2 aromatic carbocycles. The van der Waals surface area contributed by atoms with Crippen LogP contribution in [0.4, 0.5) is 5.00 Å². The molecule has 4 nitrogen and oxygen atoms in total. The van der Waals surface area contributed by atoms with Gasteiger partial charge in [0, 0.05) is 20.8 Å². The number of nitrogens with zero attached hydrogens (tertiary/aromatic N) is 2. The minimum Gasteiger partial charge on any atom is -0.312 e. The number of hydrogen-bond donors (Lipinski definition) is 1. The van der Waals surface area contributed by atoms with Gasteiger partial charge in [-0.05, 0) is 43.7 Å². The lowest BCUT2D eigenvalue weighted by Gasteiger charge is -2.10. The maximum absolute atomic E-state index is 13.2. The number of fused-ring (bicyclic) bond motifs is 1. The molecule has 0 unspecified atom stereocenters. The molecule has 0 saturated carbocycles. The van der Waals surface area contributed by atoms with Gasteiger partial charge in [0.2, 0.25) is 0 Å². The van der Waals surface area contributed by atoms with E-state index in [1.165, 1.54) is 11.3 Å². The predicted molar refractivity (Wildman–Crippen MR) is 119 cm³/mol. The molecule has 4 rings (SSSR count). The number of nitrogens with one attached hydrogen (secondary N) is 1. The Hall–Kier alpha value is -3.20. The lowest BCUT2D eigenvalue weighted by Crippen LogP contribution is -2.13. The van der Waals surface area contributed by atoms with Crippen LogP contribution in [0.1, 0.15) is 26.4 Å². The monoisotopic (exact) mass is 417 g/mol. The molecule has 0 aliphatic heterocycles. The molecule has 2 aromatic heterocycles. The molecule has 1 N–H and O–H groups in total. The number of halogens is 1. The van der Waals surface area contributed by atoms with Crippen molar-refractivity contribution in [3.05, 3.63) is 81.2 Å². The number of amides is 1. The lowest BCUT2D eigenvalue weighted by atomic mass is 10.0. The number of thiophene rings is 1. The summed E-state index contributed by atoms with van der Waals surface area (Å²) in [6.45, 7) is 3.83. The molecule has 0 atom stereocenters. The molecule has 29 heavy (non-hydrogen) atoms. The van der Waals surface area contributed by atoms with Gasteiger partial charge < -0.3 is 5.32 Å². The molecule has 0 radical (unpaired) electrons. The third-order valence-electron chi connectivity index (χ3n) is 4.82. The topological polar surface area (TPSA) is 65.8 Å². The normalized spacial score (nSPS) is 10.7. The molecule has 142 valence electrons. The fourth-order valence-corrected chi connectivity index (χ4v) is 4.28. The van der Waals surface area contributed by atoms with E-state index in [9.17, 15) is 10.1 Å². The predicted octanol–water partition coefficient (Wildman–Crippen LogP) is 6.36. The third-order valence-corrected chi connectivity index (χ3v) is 6.20. The molecular formula is C23H16ClN3OS. The Morgan fingerprint density at radius 3 is 2.59 bits per heavy atom. The number of rotatable bonds is 3. The molecular weight excluding hydrogens is 402 g/mol. The van der Waals surface area contributed by atoms with Gasteiger partial charge in [0.1, 0.15) is 11.1 Å². The van der Waals surface area contributed by atoms with Crippen molar-refractivity contribution in [2.45, 2.75) is 13.8 Å². The minimum absolute atomic E-state index is 0.267. The Bertz CT molecular complexity index is 1290. The molecule has 0 aliphatic rings. The second-order valence-corrected chi connectivity index (χ2v) is 8.29. The highest BCUT2D eigenvalue weighted by Gasteiger charge is 2.18. The Morgan fingerprint density at radius 2 is 1.86 bits per heavy atom. The summed E-state index contributed by atoms with van der Waals surface area (Å²) < 4.78 is 0. The van der Waals surface area contributed by atoms with Crippen molar-refractivity contribution in [3.8, 4) is 17.3 Å². The van der Waals surface area contributed by atoms with Crippen molar-refractivity contribution in [3.63, 3.8) is 0 Å². The molecule has 4 aromatic rings. The number of carbonyl (C=O) groups is 1. The Kier molecular flexibility index (Phi) is 5.06. The molecule has 1 amide bonds. The maximum atomic E-state index is 13.2. The number of nitriles is 1. The number of hydrogen-bond acceptors (Lipinski definition) is 4. The maximum Gasteiger partial charge on any atom is 0.257 e. The zero-order valence-corrected chi connectivity index (χ0v) is 17.4. The van der Waals surface area contributed by atoms with Crippen molar-refractivity contribution in [2.24, 2.45) is 0 Å². The summed E-state index contributed by atoms with van der Waals surface area (Å²) in [7, 11) is 0. The average molecular weight is 418 g/mol. The number of benzene rings is 2. The summed E-state index contributed by atoms with van der Waals surface area (Å²) in [5.41, 5.74) is 4.20. The SMILES string of the molecule is Cc1sc(NC(=O)c2cc(-c3ccc(Cl)cc3)nc3ccccc23)c(C#N)c1C. The summed E-state index contributed by atoms with van der Waals surface area (Å²) in [6.07, 6.45) is 0. The molecule has 6 heteroatoms. The number of aryl methyl sites for hydroxylation is 1. The first-order valence-corrected chi connectivity index (χ1v) is 10.1. The van der Waals surface area contributed by atoms with Gasteiger partial charge >= 0.3 is 0 Å². The average Bonchev–Trinajstić information content (AvgIpc) is 3.00. The fraction of sp³-hybridized carbons (Fsp3) is 0.0870.